The molecule has 2 fully saturated rings. The first-order valence-electron chi connectivity index (χ1n) is 12.5. The maximum atomic E-state index is 14.7. The molecule has 0 amide bonds. The summed E-state index contributed by atoms with van der Waals surface area (Å²) >= 11 is 0. The molecule has 0 bridgehead atoms. The molecule has 0 radical (unpaired) electrons. The number of aryl methyl sites for hydroxylation is 1. The number of nitrogens with two attached hydrogens (primary N) is 1. The summed E-state index contributed by atoms with van der Waals surface area (Å²) in [7, 11) is 1.74. The van der Waals surface area contributed by atoms with Gasteiger partial charge in [-0.05, 0) is 53.5 Å². The van der Waals surface area contributed by atoms with Gasteiger partial charge < -0.3 is 15.2 Å². The number of nitrogens with one attached hydrogen (secondary N) is 1. The van der Waals surface area contributed by atoms with E-state index in [2.05, 4.69) is 15.1 Å². The lowest BCUT2D eigenvalue weighted by Gasteiger charge is -2.26. The van der Waals surface area contributed by atoms with Gasteiger partial charge in [-0.3, -0.25) is 9.89 Å². The molecule has 1 aliphatic carbocycles. The Bertz CT molecular complexity index is 1740. The van der Waals surface area contributed by atoms with Crippen molar-refractivity contribution in [2.24, 2.45) is 24.6 Å². The molecular weight excluding hydrogens is 469 g/mol. The summed E-state index contributed by atoms with van der Waals surface area (Å²) in [6.45, 7) is 2.00. The minimum Gasteiger partial charge on any atom is -0.355 e. The van der Waals surface area contributed by atoms with Gasteiger partial charge in [0.1, 0.15) is 17.2 Å². The number of nitrogens with zero attached hydrogens (tertiary/aromatic N) is 5. The number of halogens is 1. The minimum atomic E-state index is -0.311. The van der Waals surface area contributed by atoms with Crippen molar-refractivity contribution in [2.75, 3.05) is 24.5 Å². The highest BCUT2D eigenvalue weighted by molar-refractivity contribution is 5.92. The highest BCUT2D eigenvalue weighted by atomic mass is 19.1. The standard InChI is InChI=1S/C28H26FN7O/c1-35-10-8-16-12-17(6-7-18(16)27(35)37)24-25-26(34-33-24)32-23(13-31-25)36-11-9-19-21(14-36)28(19,15-30)20-4-2-3-5-22(20)29/h2-8,10,12-13,19,21H,9,11,14-15,30H2,1H3,(H,32,33,34)/t19-,21+,28-/m1/s1. The first kappa shape index (κ1) is 22.1. The number of anilines is 1. The normalized spacial score (nSPS) is 22.9. The van der Waals surface area contributed by atoms with E-state index in [1.807, 2.05) is 36.4 Å². The minimum absolute atomic E-state index is 0.0314. The molecule has 1 aliphatic heterocycles. The maximum absolute atomic E-state index is 14.7. The lowest BCUT2D eigenvalue weighted by atomic mass is 9.91. The van der Waals surface area contributed by atoms with Gasteiger partial charge in [0, 0.05) is 49.2 Å². The lowest BCUT2D eigenvalue weighted by molar-refractivity contribution is 0.533. The Kier molecular flexibility index (Phi) is 4.75. The van der Waals surface area contributed by atoms with Crippen LogP contribution in [0.2, 0.25) is 0 Å². The third-order valence-electron chi connectivity index (χ3n) is 8.48. The van der Waals surface area contributed by atoms with Crippen LogP contribution in [0.1, 0.15) is 12.0 Å². The van der Waals surface area contributed by atoms with Gasteiger partial charge in [0.2, 0.25) is 5.65 Å². The number of pyridine rings is 1. The summed E-state index contributed by atoms with van der Waals surface area (Å²) in [5, 5.41) is 9.04. The topological polar surface area (TPSA) is 106 Å². The van der Waals surface area contributed by atoms with Crippen LogP contribution in [0.4, 0.5) is 10.2 Å². The van der Waals surface area contributed by atoms with Crippen LogP contribution in [0.25, 0.3) is 33.2 Å². The third kappa shape index (κ3) is 3.16. The number of rotatable bonds is 4. The number of aromatic amines is 1. The third-order valence-corrected chi connectivity index (χ3v) is 8.48. The summed E-state index contributed by atoms with van der Waals surface area (Å²) < 4.78 is 16.3. The van der Waals surface area contributed by atoms with E-state index in [0.717, 1.165) is 47.5 Å². The van der Waals surface area contributed by atoms with E-state index in [0.29, 0.717) is 29.0 Å². The second-order valence-corrected chi connectivity index (χ2v) is 10.2. The smallest absolute Gasteiger partial charge is 0.258 e. The quantitative estimate of drug-likeness (QED) is 0.396. The van der Waals surface area contributed by atoms with E-state index in [4.69, 9.17) is 15.7 Å². The van der Waals surface area contributed by atoms with Gasteiger partial charge >= 0.3 is 0 Å². The van der Waals surface area contributed by atoms with Crippen molar-refractivity contribution in [2.45, 2.75) is 11.8 Å². The SMILES string of the molecule is Cn1ccc2cc(-c3[nH]nc4nc(N5CC[C@@H]6[C@H](C5)[C@@]6(CN)c5ccccc5F)cnc34)ccc2c1=O. The van der Waals surface area contributed by atoms with E-state index >= 15 is 0 Å². The van der Waals surface area contributed by atoms with E-state index in [1.54, 1.807) is 30.1 Å². The summed E-state index contributed by atoms with van der Waals surface area (Å²) in [5.41, 5.74) is 9.51. The zero-order chi connectivity index (χ0) is 25.3. The molecule has 2 aliphatic rings. The van der Waals surface area contributed by atoms with Gasteiger partial charge in [-0.1, -0.05) is 24.3 Å². The van der Waals surface area contributed by atoms with Crippen LogP contribution in [-0.4, -0.2) is 44.4 Å². The Morgan fingerprint density at radius 2 is 2.05 bits per heavy atom. The Balaban J connectivity index is 1.19. The Morgan fingerprint density at radius 3 is 2.89 bits per heavy atom. The first-order valence-corrected chi connectivity index (χ1v) is 12.5. The van der Waals surface area contributed by atoms with Crippen LogP contribution in [0.5, 0.6) is 0 Å². The molecule has 3 atom stereocenters. The largest absolute Gasteiger partial charge is 0.355 e. The molecular formula is C28H26FN7O. The maximum Gasteiger partial charge on any atom is 0.258 e. The second-order valence-electron chi connectivity index (χ2n) is 10.2. The monoisotopic (exact) mass is 495 g/mol. The average Bonchev–Trinajstić information content (AvgIpc) is 3.38. The zero-order valence-corrected chi connectivity index (χ0v) is 20.4. The molecule has 4 heterocycles. The van der Waals surface area contributed by atoms with E-state index in [-0.39, 0.29) is 22.7 Å². The van der Waals surface area contributed by atoms with Gasteiger partial charge in [0.15, 0.2) is 0 Å². The van der Waals surface area contributed by atoms with Crippen LogP contribution in [0.15, 0.2) is 65.7 Å². The van der Waals surface area contributed by atoms with E-state index in [1.165, 1.54) is 6.07 Å². The lowest BCUT2D eigenvalue weighted by Crippen LogP contribution is -2.32. The molecule has 9 heteroatoms. The van der Waals surface area contributed by atoms with E-state index in [9.17, 15) is 9.18 Å². The summed E-state index contributed by atoms with van der Waals surface area (Å²) in [5.74, 6) is 1.25. The molecule has 186 valence electrons. The number of fused-ring (bicyclic) bond motifs is 3. The summed E-state index contributed by atoms with van der Waals surface area (Å²) in [6.07, 6.45) is 4.48. The van der Waals surface area contributed by atoms with Gasteiger partial charge in [-0.2, -0.15) is 5.10 Å². The van der Waals surface area contributed by atoms with Crippen molar-refractivity contribution in [1.29, 1.82) is 0 Å². The predicted molar refractivity (Wildman–Crippen MR) is 141 cm³/mol. The Morgan fingerprint density at radius 1 is 1.19 bits per heavy atom. The van der Waals surface area contributed by atoms with Crippen LogP contribution in [-0.2, 0) is 12.5 Å². The van der Waals surface area contributed by atoms with Crippen molar-refractivity contribution < 1.29 is 4.39 Å². The van der Waals surface area contributed by atoms with Gasteiger partial charge in [0.05, 0.1) is 11.9 Å². The molecule has 3 N–H and O–H groups in total. The zero-order valence-electron chi connectivity index (χ0n) is 20.4. The highest BCUT2D eigenvalue weighted by Gasteiger charge is 2.66. The molecule has 2 aromatic carbocycles. The fourth-order valence-electron chi connectivity index (χ4n) is 6.48. The first-order chi connectivity index (χ1) is 18.0. The van der Waals surface area contributed by atoms with Crippen molar-refractivity contribution in [3.8, 4) is 11.3 Å². The second kappa shape index (κ2) is 7.94. The molecule has 5 aromatic rings. The number of hydrogen-bond acceptors (Lipinski definition) is 6. The molecule has 37 heavy (non-hydrogen) atoms. The van der Waals surface area contributed by atoms with Crippen molar-refractivity contribution in [1.82, 2.24) is 24.7 Å². The average molecular weight is 496 g/mol. The highest BCUT2D eigenvalue weighted by Crippen LogP contribution is 2.63. The van der Waals surface area contributed by atoms with Crippen LogP contribution >= 0.6 is 0 Å². The molecule has 8 nitrogen and oxygen atoms in total. The summed E-state index contributed by atoms with van der Waals surface area (Å²) in [4.78, 5) is 24.1. The molecule has 3 aromatic heterocycles. The fraction of sp³-hybridized carbons (Fsp3) is 0.286. The molecule has 0 spiro atoms. The van der Waals surface area contributed by atoms with Crippen molar-refractivity contribution >= 4 is 27.8 Å². The number of piperidine rings is 1. The number of aromatic nitrogens is 5. The molecule has 0 unspecified atom stereocenters. The number of H-pyrrole nitrogens is 1. The van der Waals surface area contributed by atoms with E-state index < -0.39 is 0 Å². The van der Waals surface area contributed by atoms with Crippen LogP contribution < -0.4 is 16.2 Å². The predicted octanol–water partition coefficient (Wildman–Crippen LogP) is 3.36. The van der Waals surface area contributed by atoms with Gasteiger partial charge in [-0.15, -0.1) is 0 Å². The van der Waals surface area contributed by atoms with Crippen LogP contribution in [0, 0.1) is 17.7 Å². The van der Waals surface area contributed by atoms with Gasteiger partial charge in [0.25, 0.3) is 5.56 Å². The van der Waals surface area contributed by atoms with Crippen molar-refractivity contribution in [3.63, 3.8) is 0 Å². The molecule has 1 saturated heterocycles. The molecule has 1 saturated carbocycles. The fourth-order valence-corrected chi connectivity index (χ4v) is 6.48. The van der Waals surface area contributed by atoms with Crippen molar-refractivity contribution in [3.05, 3.63) is 82.7 Å². The number of hydrogen-bond donors (Lipinski definition) is 2. The Labute approximate surface area is 212 Å². The summed E-state index contributed by atoms with van der Waals surface area (Å²) in [6, 6.07) is 14.6. The van der Waals surface area contributed by atoms with Gasteiger partial charge in [-0.25, -0.2) is 14.4 Å². The van der Waals surface area contributed by atoms with Crippen LogP contribution in [0.3, 0.4) is 0 Å². The Hall–Kier alpha value is -4.11. The molecule has 7 rings (SSSR count). The number of benzene rings is 2.